The number of carbonyl (C=O) groups is 4. The number of nitrogens with zero attached hydrogens (tertiary/aromatic N) is 1. The van der Waals surface area contributed by atoms with Crippen molar-refractivity contribution in [2.75, 3.05) is 12.4 Å². The molecule has 2 atom stereocenters. The Kier molecular flexibility index (Phi) is 6.64. The van der Waals surface area contributed by atoms with Crippen LogP contribution in [0.4, 0.5) is 0 Å². The highest BCUT2D eigenvalue weighted by atomic mass is 32.2. The molecule has 178 valence electrons. The van der Waals surface area contributed by atoms with Gasteiger partial charge in [-0.25, -0.2) is 4.79 Å². The first-order chi connectivity index (χ1) is 16.2. The number of carboxylic acid groups (broad SMARTS) is 1. The molecule has 10 nitrogen and oxygen atoms in total. The van der Waals surface area contributed by atoms with Crippen molar-refractivity contribution in [2.24, 2.45) is 0 Å². The maximum Gasteiger partial charge on any atom is 0.352 e. The van der Waals surface area contributed by atoms with Gasteiger partial charge in [-0.3, -0.25) is 19.3 Å². The van der Waals surface area contributed by atoms with Crippen molar-refractivity contribution in [3.63, 3.8) is 0 Å². The van der Waals surface area contributed by atoms with Crippen molar-refractivity contribution in [1.29, 1.82) is 0 Å². The second-order valence-electron chi connectivity index (χ2n) is 7.77. The summed E-state index contributed by atoms with van der Waals surface area (Å²) in [5.74, 6) is -1.62. The third-order valence-corrected chi connectivity index (χ3v) is 6.58. The number of rotatable bonds is 8. The Morgan fingerprint density at radius 1 is 1.24 bits per heavy atom. The highest BCUT2D eigenvalue weighted by molar-refractivity contribution is 8.00. The monoisotopic (exact) mass is 486 g/mol. The number of furan rings is 1. The molecule has 0 spiro atoms. The molecule has 1 saturated heterocycles. The van der Waals surface area contributed by atoms with Gasteiger partial charge in [0.05, 0.1) is 0 Å². The highest BCUT2D eigenvalue weighted by Crippen LogP contribution is 2.40. The largest absolute Gasteiger partial charge is 0.486 e. The summed E-state index contributed by atoms with van der Waals surface area (Å²) in [5, 5.41) is 11.6. The number of nitrogens with one attached hydrogen (secondary N) is 1. The number of fused-ring (bicyclic) bond motifs is 1. The number of carboxylic acids is 1. The van der Waals surface area contributed by atoms with Crippen molar-refractivity contribution in [3.8, 4) is 5.75 Å². The van der Waals surface area contributed by atoms with Crippen LogP contribution in [-0.4, -0.2) is 57.5 Å². The molecule has 1 fully saturated rings. The third kappa shape index (κ3) is 4.79. The summed E-state index contributed by atoms with van der Waals surface area (Å²) in [5.41, 5.74) is 1.16. The summed E-state index contributed by atoms with van der Waals surface area (Å²) in [6.07, 6.45) is 0. The standard InChI is InChI=1S/C23H22N2O8S/c1-12-4-3-5-15(8-12)32-10-16-6-7-17(33-16)20(27)24-18-21(28)25-19(23(29)30)14(9-31-13(2)26)11-34-22(18)25/h3-8,18,22H,9-11H2,1-2H3,(H,24,27)(H,29,30). The molecule has 0 saturated carbocycles. The molecule has 34 heavy (non-hydrogen) atoms. The van der Waals surface area contributed by atoms with Gasteiger partial charge >= 0.3 is 11.9 Å². The molecule has 2 aliphatic rings. The van der Waals surface area contributed by atoms with Crippen LogP contribution in [0.1, 0.15) is 28.8 Å². The maximum absolute atomic E-state index is 12.7. The zero-order valence-corrected chi connectivity index (χ0v) is 19.2. The highest BCUT2D eigenvalue weighted by Gasteiger charge is 2.54. The van der Waals surface area contributed by atoms with E-state index < -0.39 is 35.2 Å². The normalized spacial score (nSPS) is 19.2. The first kappa shape index (κ1) is 23.4. The fourth-order valence-electron chi connectivity index (χ4n) is 3.63. The smallest absolute Gasteiger partial charge is 0.352 e. The zero-order chi connectivity index (χ0) is 24.4. The number of thioether (sulfide) groups is 1. The Hall–Kier alpha value is -3.73. The van der Waals surface area contributed by atoms with Gasteiger partial charge in [-0.05, 0) is 36.8 Å². The average Bonchev–Trinajstić information content (AvgIpc) is 3.28. The van der Waals surface area contributed by atoms with Crippen LogP contribution in [0.2, 0.25) is 0 Å². The Bertz CT molecular complexity index is 1190. The van der Waals surface area contributed by atoms with Crippen LogP contribution in [0.25, 0.3) is 0 Å². The van der Waals surface area contributed by atoms with Crippen molar-refractivity contribution in [1.82, 2.24) is 10.2 Å². The Morgan fingerprint density at radius 3 is 2.74 bits per heavy atom. The minimum atomic E-state index is -1.30. The molecular formula is C23H22N2O8S. The maximum atomic E-state index is 12.7. The van der Waals surface area contributed by atoms with Gasteiger partial charge in [0.25, 0.3) is 11.8 Å². The van der Waals surface area contributed by atoms with Gasteiger partial charge in [-0.1, -0.05) is 12.1 Å². The summed E-state index contributed by atoms with van der Waals surface area (Å²) < 4.78 is 16.1. The number of β-lactam (4-membered cyclic amide) rings is 1. The average molecular weight is 487 g/mol. The Labute approximate surface area is 198 Å². The SMILES string of the molecule is CC(=O)OCC1=C(C(=O)O)N2C(=O)C(NC(=O)c3ccc(COc4cccc(C)c4)o3)C2SC1. The molecule has 2 aliphatic heterocycles. The molecule has 4 rings (SSSR count). The van der Waals surface area contributed by atoms with E-state index in [1.807, 2.05) is 31.2 Å². The number of aliphatic carboxylic acids is 1. The number of aryl methyl sites for hydroxylation is 1. The van der Waals surface area contributed by atoms with Crippen molar-refractivity contribution in [2.45, 2.75) is 31.9 Å². The predicted octanol–water partition coefficient (Wildman–Crippen LogP) is 2.08. The Morgan fingerprint density at radius 2 is 2.03 bits per heavy atom. The number of hydrogen-bond donors (Lipinski definition) is 2. The van der Waals surface area contributed by atoms with E-state index in [-0.39, 0.29) is 30.4 Å². The first-order valence-electron chi connectivity index (χ1n) is 10.4. The van der Waals surface area contributed by atoms with Gasteiger partial charge in [0, 0.05) is 18.2 Å². The second-order valence-corrected chi connectivity index (χ2v) is 8.87. The molecular weight excluding hydrogens is 464 g/mol. The zero-order valence-electron chi connectivity index (χ0n) is 18.4. The molecule has 1 aromatic carbocycles. The fraction of sp³-hybridized carbons (Fsp3) is 0.304. The van der Waals surface area contributed by atoms with Gasteiger partial charge in [0.15, 0.2) is 5.76 Å². The lowest BCUT2D eigenvalue weighted by molar-refractivity contribution is -0.149. The number of benzene rings is 1. The molecule has 2 amide bonds. The molecule has 2 N–H and O–H groups in total. The van der Waals surface area contributed by atoms with Crippen LogP contribution in [-0.2, 0) is 25.7 Å². The summed E-state index contributed by atoms with van der Waals surface area (Å²) in [7, 11) is 0. The van der Waals surface area contributed by atoms with Gasteiger partial charge in [0.2, 0.25) is 0 Å². The predicted molar refractivity (Wildman–Crippen MR) is 120 cm³/mol. The number of hydrogen-bond acceptors (Lipinski definition) is 8. The van der Waals surface area contributed by atoms with E-state index in [4.69, 9.17) is 13.9 Å². The first-order valence-corrected chi connectivity index (χ1v) is 11.4. The third-order valence-electron chi connectivity index (χ3n) is 5.24. The van der Waals surface area contributed by atoms with E-state index in [1.54, 1.807) is 6.07 Å². The van der Waals surface area contributed by atoms with Gasteiger partial charge in [-0.2, -0.15) is 0 Å². The summed E-state index contributed by atoms with van der Waals surface area (Å²) in [6.45, 7) is 3.08. The van der Waals surface area contributed by atoms with Crippen molar-refractivity contribution in [3.05, 3.63) is 64.8 Å². The quantitative estimate of drug-likeness (QED) is 0.425. The van der Waals surface area contributed by atoms with Crippen LogP contribution >= 0.6 is 11.8 Å². The van der Waals surface area contributed by atoms with E-state index in [2.05, 4.69) is 5.32 Å². The summed E-state index contributed by atoms with van der Waals surface area (Å²) >= 11 is 1.28. The van der Waals surface area contributed by atoms with E-state index in [0.29, 0.717) is 17.1 Å². The second kappa shape index (κ2) is 9.64. The number of ether oxygens (including phenoxy) is 2. The van der Waals surface area contributed by atoms with Gasteiger partial charge in [-0.15, -0.1) is 11.8 Å². The van der Waals surface area contributed by atoms with E-state index in [9.17, 15) is 24.3 Å². The van der Waals surface area contributed by atoms with Crippen LogP contribution in [0.15, 0.2) is 52.1 Å². The van der Waals surface area contributed by atoms with Crippen LogP contribution < -0.4 is 10.1 Å². The van der Waals surface area contributed by atoms with Crippen LogP contribution in [0.5, 0.6) is 5.75 Å². The molecule has 2 aromatic rings. The summed E-state index contributed by atoms with van der Waals surface area (Å²) in [6, 6.07) is 9.71. The van der Waals surface area contributed by atoms with Gasteiger partial charge < -0.3 is 24.3 Å². The van der Waals surface area contributed by atoms with Crippen molar-refractivity contribution < 1.29 is 38.2 Å². The molecule has 2 unspecified atom stereocenters. The fourth-order valence-corrected chi connectivity index (χ4v) is 4.96. The van der Waals surface area contributed by atoms with Crippen LogP contribution in [0, 0.1) is 6.92 Å². The molecule has 1 aromatic heterocycles. The molecule has 0 aliphatic carbocycles. The Balaban J connectivity index is 1.38. The van der Waals surface area contributed by atoms with E-state index >= 15 is 0 Å². The number of carbonyl (C=O) groups excluding carboxylic acids is 3. The minimum Gasteiger partial charge on any atom is -0.486 e. The lowest BCUT2D eigenvalue weighted by Crippen LogP contribution is -2.70. The van der Waals surface area contributed by atoms with Gasteiger partial charge in [0.1, 0.15) is 41.8 Å². The molecule has 0 radical (unpaired) electrons. The molecule has 3 heterocycles. The van der Waals surface area contributed by atoms with Crippen LogP contribution in [0.3, 0.4) is 0 Å². The minimum absolute atomic E-state index is 0.0134. The lowest BCUT2D eigenvalue weighted by atomic mass is 10.0. The van der Waals surface area contributed by atoms with E-state index in [1.165, 1.54) is 24.8 Å². The van der Waals surface area contributed by atoms with E-state index in [0.717, 1.165) is 10.5 Å². The molecule has 0 bridgehead atoms. The lowest BCUT2D eigenvalue weighted by Gasteiger charge is -2.49. The van der Waals surface area contributed by atoms with Crippen molar-refractivity contribution >= 4 is 35.5 Å². The number of amides is 2. The molecule has 11 heteroatoms. The topological polar surface area (TPSA) is 135 Å². The summed E-state index contributed by atoms with van der Waals surface area (Å²) in [4.78, 5) is 49.3. The number of esters is 1.